The van der Waals surface area contributed by atoms with Gasteiger partial charge in [0.2, 0.25) is 5.91 Å². The third-order valence-corrected chi connectivity index (χ3v) is 4.14. The largest absolute Gasteiger partial charge is 0.370 e. The number of carbonyl (C=O) groups is 2. The van der Waals surface area contributed by atoms with Gasteiger partial charge in [0.25, 0.3) is 0 Å². The summed E-state index contributed by atoms with van der Waals surface area (Å²) in [5, 5.41) is 7.18. The summed E-state index contributed by atoms with van der Waals surface area (Å²) >= 11 is 0. The van der Waals surface area contributed by atoms with Crippen molar-refractivity contribution < 1.29 is 9.59 Å². The molecule has 2 aromatic rings. The van der Waals surface area contributed by atoms with Crippen LogP contribution in [0.4, 0.5) is 10.6 Å². The fraction of sp³-hybridized carbons (Fsp3) is 0.353. The highest BCUT2D eigenvalue weighted by atomic mass is 16.2. The average molecular weight is 327 g/mol. The van der Waals surface area contributed by atoms with E-state index >= 15 is 0 Å². The molecule has 126 valence electrons. The molecule has 1 aliphatic rings. The number of nitrogens with zero attached hydrogens (tertiary/aromatic N) is 3. The summed E-state index contributed by atoms with van der Waals surface area (Å²) in [5.41, 5.74) is 6.18. The SMILES string of the molecule is NC(=O)CC1CCCN(C(=O)Nc2ccn(-c3ccccc3)n2)C1. The molecule has 3 amide bonds. The Balaban J connectivity index is 1.61. The maximum atomic E-state index is 12.4. The van der Waals surface area contributed by atoms with Crippen molar-refractivity contribution in [3.63, 3.8) is 0 Å². The molecule has 0 spiro atoms. The Hall–Kier alpha value is -2.83. The van der Waals surface area contributed by atoms with E-state index in [2.05, 4.69) is 10.4 Å². The molecule has 0 radical (unpaired) electrons. The van der Waals surface area contributed by atoms with Crippen LogP contribution in [-0.4, -0.2) is 39.7 Å². The van der Waals surface area contributed by atoms with Gasteiger partial charge in [0.15, 0.2) is 5.82 Å². The summed E-state index contributed by atoms with van der Waals surface area (Å²) in [4.78, 5) is 25.2. The second-order valence-electron chi connectivity index (χ2n) is 6.04. The standard InChI is InChI=1S/C17H21N5O2/c18-15(23)11-13-5-4-9-21(12-13)17(24)19-16-8-10-22(20-16)14-6-2-1-3-7-14/h1-3,6-8,10,13H,4-5,9,11-12H2,(H2,18,23)(H,19,20,24). The number of rotatable bonds is 4. The Morgan fingerprint density at radius 3 is 2.79 bits per heavy atom. The Morgan fingerprint density at radius 1 is 1.25 bits per heavy atom. The van der Waals surface area contributed by atoms with E-state index in [4.69, 9.17) is 5.73 Å². The maximum Gasteiger partial charge on any atom is 0.323 e. The van der Waals surface area contributed by atoms with E-state index in [-0.39, 0.29) is 17.9 Å². The number of anilines is 1. The normalized spacial score (nSPS) is 17.5. The molecule has 0 bridgehead atoms. The number of hydrogen-bond acceptors (Lipinski definition) is 3. The number of carbonyl (C=O) groups excluding carboxylic acids is 2. The molecule has 1 fully saturated rings. The molecule has 7 heteroatoms. The van der Waals surface area contributed by atoms with Gasteiger partial charge in [0, 0.05) is 31.8 Å². The Kier molecular flexibility index (Phi) is 4.79. The van der Waals surface area contributed by atoms with Gasteiger partial charge in [0.1, 0.15) is 0 Å². The van der Waals surface area contributed by atoms with Gasteiger partial charge in [-0.05, 0) is 30.9 Å². The zero-order chi connectivity index (χ0) is 16.9. The minimum atomic E-state index is -0.316. The predicted octanol–water partition coefficient (Wildman–Crippen LogP) is 1.99. The van der Waals surface area contributed by atoms with E-state index in [1.165, 1.54) is 0 Å². The van der Waals surface area contributed by atoms with E-state index in [0.29, 0.717) is 25.3 Å². The first-order valence-electron chi connectivity index (χ1n) is 8.07. The van der Waals surface area contributed by atoms with Crippen molar-refractivity contribution >= 4 is 17.8 Å². The van der Waals surface area contributed by atoms with Gasteiger partial charge in [-0.25, -0.2) is 9.48 Å². The van der Waals surface area contributed by atoms with Crippen LogP contribution < -0.4 is 11.1 Å². The topological polar surface area (TPSA) is 93.3 Å². The molecular formula is C17H21N5O2. The molecule has 1 atom stereocenters. The second kappa shape index (κ2) is 7.16. The third-order valence-electron chi connectivity index (χ3n) is 4.14. The van der Waals surface area contributed by atoms with Gasteiger partial charge in [-0.2, -0.15) is 0 Å². The monoisotopic (exact) mass is 327 g/mol. The van der Waals surface area contributed by atoms with Gasteiger partial charge < -0.3 is 10.6 Å². The van der Waals surface area contributed by atoms with Crippen LogP contribution in [0.5, 0.6) is 0 Å². The zero-order valence-electron chi connectivity index (χ0n) is 13.4. The minimum absolute atomic E-state index is 0.142. The van der Waals surface area contributed by atoms with Crippen LogP contribution in [-0.2, 0) is 4.79 Å². The first-order chi connectivity index (χ1) is 11.6. The Morgan fingerprint density at radius 2 is 2.04 bits per heavy atom. The average Bonchev–Trinajstić information content (AvgIpc) is 3.04. The van der Waals surface area contributed by atoms with Crippen molar-refractivity contribution in [3.8, 4) is 5.69 Å². The minimum Gasteiger partial charge on any atom is -0.370 e. The van der Waals surface area contributed by atoms with Crippen molar-refractivity contribution in [2.45, 2.75) is 19.3 Å². The summed E-state index contributed by atoms with van der Waals surface area (Å²) in [6.45, 7) is 1.23. The molecule has 2 heterocycles. The van der Waals surface area contributed by atoms with Crippen LogP contribution in [0, 0.1) is 5.92 Å². The molecule has 1 unspecified atom stereocenters. The first-order valence-corrected chi connectivity index (χ1v) is 8.07. The summed E-state index contributed by atoms with van der Waals surface area (Å²) in [7, 11) is 0. The van der Waals surface area contributed by atoms with Crippen LogP contribution in [0.1, 0.15) is 19.3 Å². The van der Waals surface area contributed by atoms with E-state index in [9.17, 15) is 9.59 Å². The number of amides is 3. The summed E-state index contributed by atoms with van der Waals surface area (Å²) in [5.74, 6) is 0.327. The number of benzene rings is 1. The predicted molar refractivity (Wildman–Crippen MR) is 90.7 cm³/mol. The van der Waals surface area contributed by atoms with E-state index in [1.807, 2.05) is 30.3 Å². The Labute approximate surface area is 140 Å². The third kappa shape index (κ3) is 3.92. The van der Waals surface area contributed by atoms with Crippen LogP contribution in [0.25, 0.3) is 5.69 Å². The molecule has 1 aromatic heterocycles. The van der Waals surface area contributed by atoms with Gasteiger partial charge in [-0.1, -0.05) is 18.2 Å². The fourth-order valence-corrected chi connectivity index (χ4v) is 3.00. The number of primary amides is 1. The molecule has 3 N–H and O–H groups in total. The van der Waals surface area contributed by atoms with Crippen molar-refractivity contribution in [2.75, 3.05) is 18.4 Å². The first kappa shape index (κ1) is 16.0. The van der Waals surface area contributed by atoms with Gasteiger partial charge in [-0.15, -0.1) is 5.10 Å². The number of likely N-dealkylation sites (tertiary alicyclic amines) is 1. The van der Waals surface area contributed by atoms with E-state index < -0.39 is 0 Å². The second-order valence-corrected chi connectivity index (χ2v) is 6.04. The van der Waals surface area contributed by atoms with Crippen molar-refractivity contribution in [1.29, 1.82) is 0 Å². The van der Waals surface area contributed by atoms with E-state index in [1.54, 1.807) is 21.8 Å². The number of urea groups is 1. The van der Waals surface area contributed by atoms with Crippen LogP contribution in [0.2, 0.25) is 0 Å². The number of aromatic nitrogens is 2. The lowest BCUT2D eigenvalue weighted by Crippen LogP contribution is -2.43. The highest BCUT2D eigenvalue weighted by Gasteiger charge is 2.25. The molecular weight excluding hydrogens is 306 g/mol. The molecule has 1 saturated heterocycles. The summed E-state index contributed by atoms with van der Waals surface area (Å²) in [6.07, 6.45) is 3.93. The molecule has 1 aromatic carbocycles. The lowest BCUT2D eigenvalue weighted by Gasteiger charge is -2.32. The highest BCUT2D eigenvalue weighted by molar-refractivity contribution is 5.88. The zero-order valence-corrected chi connectivity index (χ0v) is 13.4. The molecule has 7 nitrogen and oxygen atoms in total. The summed E-state index contributed by atoms with van der Waals surface area (Å²) < 4.78 is 1.71. The number of para-hydroxylation sites is 1. The van der Waals surface area contributed by atoms with Gasteiger partial charge >= 0.3 is 6.03 Å². The molecule has 24 heavy (non-hydrogen) atoms. The fourth-order valence-electron chi connectivity index (χ4n) is 3.00. The number of hydrogen-bond donors (Lipinski definition) is 2. The lowest BCUT2D eigenvalue weighted by atomic mass is 9.95. The molecule has 1 aliphatic heterocycles. The maximum absolute atomic E-state index is 12.4. The number of piperidine rings is 1. The van der Waals surface area contributed by atoms with Crippen molar-refractivity contribution in [3.05, 3.63) is 42.6 Å². The van der Waals surface area contributed by atoms with Gasteiger partial charge in [0.05, 0.1) is 5.69 Å². The smallest absolute Gasteiger partial charge is 0.323 e. The summed E-state index contributed by atoms with van der Waals surface area (Å²) in [6, 6.07) is 11.3. The quantitative estimate of drug-likeness (QED) is 0.899. The van der Waals surface area contributed by atoms with Gasteiger partial charge in [-0.3, -0.25) is 10.1 Å². The number of nitrogens with one attached hydrogen (secondary N) is 1. The molecule has 3 rings (SSSR count). The van der Waals surface area contributed by atoms with Crippen LogP contribution >= 0.6 is 0 Å². The van der Waals surface area contributed by atoms with Crippen LogP contribution in [0.15, 0.2) is 42.6 Å². The van der Waals surface area contributed by atoms with Crippen LogP contribution in [0.3, 0.4) is 0 Å². The van der Waals surface area contributed by atoms with E-state index in [0.717, 1.165) is 18.5 Å². The van der Waals surface area contributed by atoms with Crippen molar-refractivity contribution in [1.82, 2.24) is 14.7 Å². The number of nitrogens with two attached hydrogens (primary N) is 1. The highest BCUT2D eigenvalue weighted by Crippen LogP contribution is 2.20. The molecule has 0 saturated carbocycles. The lowest BCUT2D eigenvalue weighted by molar-refractivity contribution is -0.119. The molecule has 0 aliphatic carbocycles. The Bertz CT molecular complexity index is 713. The van der Waals surface area contributed by atoms with Crippen molar-refractivity contribution in [2.24, 2.45) is 11.7 Å².